The Morgan fingerprint density at radius 3 is 1.92 bits per heavy atom. The van der Waals surface area contributed by atoms with Crippen molar-refractivity contribution in [3.05, 3.63) is 170 Å². The quantitative estimate of drug-likeness (QED) is 0.182. The molecule has 0 aliphatic heterocycles. The molecule has 0 aliphatic carbocycles. The first kappa shape index (κ1) is 26.9. The van der Waals surface area contributed by atoms with E-state index < -0.39 is 0 Å². The summed E-state index contributed by atoms with van der Waals surface area (Å²) in [7, 11) is 0. The highest BCUT2D eigenvalue weighted by Gasteiger charge is 2.22. The van der Waals surface area contributed by atoms with E-state index in [9.17, 15) is 0 Å². The molecule has 11 rings (SSSR count). The second-order valence-electron chi connectivity index (χ2n) is 12.9. The van der Waals surface area contributed by atoms with Crippen LogP contribution < -0.4 is 0 Å². The average Bonchev–Trinajstić information content (AvgIpc) is 3.81. The minimum absolute atomic E-state index is 1.16. The van der Waals surface area contributed by atoms with Gasteiger partial charge in [0.15, 0.2) is 0 Å². The predicted molar refractivity (Wildman–Crippen MR) is 211 cm³/mol. The summed E-state index contributed by atoms with van der Waals surface area (Å²) in [5.74, 6) is 0. The van der Waals surface area contributed by atoms with Gasteiger partial charge in [-0.2, -0.15) is 0 Å². The molecule has 0 saturated heterocycles. The van der Waals surface area contributed by atoms with Crippen LogP contribution in [0, 0.1) is 0 Å². The van der Waals surface area contributed by atoms with E-state index in [0.29, 0.717) is 0 Å². The van der Waals surface area contributed by atoms with Crippen molar-refractivity contribution in [2.75, 3.05) is 0 Å². The van der Waals surface area contributed by atoms with E-state index in [0.717, 1.165) is 5.69 Å². The Labute approximate surface area is 286 Å². The van der Waals surface area contributed by atoms with Crippen LogP contribution in [0.15, 0.2) is 170 Å². The van der Waals surface area contributed by atoms with Crippen LogP contribution in [0.25, 0.3) is 97.1 Å². The number of nitrogens with zero attached hydrogens (tertiary/aromatic N) is 2. The van der Waals surface area contributed by atoms with Crippen LogP contribution in [-0.2, 0) is 0 Å². The first-order valence-corrected chi connectivity index (χ1v) is 17.6. The van der Waals surface area contributed by atoms with Crippen LogP contribution in [0.4, 0.5) is 0 Å². The van der Waals surface area contributed by atoms with Gasteiger partial charge < -0.3 is 9.13 Å². The maximum atomic E-state index is 2.49. The molecular weight excluding hydrogens is 613 g/mol. The molecule has 3 aromatic heterocycles. The average molecular weight is 641 g/mol. The molecule has 11 aromatic rings. The lowest BCUT2D eigenvalue weighted by Crippen LogP contribution is -1.98. The summed E-state index contributed by atoms with van der Waals surface area (Å²) in [4.78, 5) is 0. The normalized spacial score (nSPS) is 12.1. The van der Waals surface area contributed by atoms with E-state index in [1.54, 1.807) is 0 Å². The SMILES string of the molecule is c1ccc(-c2cc(-n3c4ccccc4c4cc5c(cc43)sc3ccccc35)cc3c4ccc5ccccc5c4n(-c4ccccc4)c23)cc1. The Balaban J connectivity index is 1.33. The number of thiophene rings is 1. The molecule has 3 heterocycles. The fraction of sp³-hybridized carbons (Fsp3) is 0. The number of aromatic nitrogens is 2. The molecule has 3 heteroatoms. The number of fused-ring (bicyclic) bond motifs is 11. The lowest BCUT2D eigenvalue weighted by molar-refractivity contribution is 1.17. The van der Waals surface area contributed by atoms with Crippen LogP contribution in [-0.4, -0.2) is 9.13 Å². The van der Waals surface area contributed by atoms with Gasteiger partial charge in [-0.05, 0) is 59.5 Å². The van der Waals surface area contributed by atoms with Crippen molar-refractivity contribution >= 4 is 85.9 Å². The first-order valence-electron chi connectivity index (χ1n) is 16.8. The van der Waals surface area contributed by atoms with Crippen LogP contribution in [0.5, 0.6) is 0 Å². The highest BCUT2D eigenvalue weighted by Crippen LogP contribution is 2.45. The van der Waals surface area contributed by atoms with Crippen LogP contribution >= 0.6 is 11.3 Å². The molecule has 0 unspecified atom stereocenters. The van der Waals surface area contributed by atoms with Gasteiger partial charge in [-0.1, -0.05) is 121 Å². The summed E-state index contributed by atoms with van der Waals surface area (Å²) >= 11 is 1.88. The minimum Gasteiger partial charge on any atom is -0.309 e. The summed E-state index contributed by atoms with van der Waals surface area (Å²) in [5.41, 5.74) is 9.65. The maximum Gasteiger partial charge on any atom is 0.0621 e. The van der Waals surface area contributed by atoms with Gasteiger partial charge in [0, 0.05) is 64.0 Å². The van der Waals surface area contributed by atoms with E-state index in [4.69, 9.17) is 0 Å². The Bertz CT molecular complexity index is 3090. The summed E-state index contributed by atoms with van der Waals surface area (Å²) in [6.45, 7) is 0. The Kier molecular flexibility index (Phi) is 5.57. The van der Waals surface area contributed by atoms with Crippen molar-refractivity contribution in [1.82, 2.24) is 9.13 Å². The number of hydrogen-bond acceptors (Lipinski definition) is 1. The minimum atomic E-state index is 1.16. The molecule has 228 valence electrons. The molecule has 0 amide bonds. The maximum absolute atomic E-state index is 2.49. The Hall–Kier alpha value is -6.16. The lowest BCUT2D eigenvalue weighted by Gasteiger charge is -2.15. The van der Waals surface area contributed by atoms with Crippen LogP contribution in [0.2, 0.25) is 0 Å². The third-order valence-corrected chi connectivity index (χ3v) is 11.4. The van der Waals surface area contributed by atoms with Crippen molar-refractivity contribution in [2.45, 2.75) is 0 Å². The summed E-state index contributed by atoms with van der Waals surface area (Å²) in [5, 5.41) is 10.2. The summed E-state index contributed by atoms with van der Waals surface area (Å²) < 4.78 is 7.63. The van der Waals surface area contributed by atoms with Crippen molar-refractivity contribution < 1.29 is 0 Å². The van der Waals surface area contributed by atoms with E-state index in [2.05, 4.69) is 179 Å². The molecule has 0 spiro atoms. The van der Waals surface area contributed by atoms with Gasteiger partial charge >= 0.3 is 0 Å². The molecule has 0 saturated carbocycles. The topological polar surface area (TPSA) is 9.86 Å². The van der Waals surface area contributed by atoms with Crippen LogP contribution in [0.1, 0.15) is 0 Å². The summed E-state index contributed by atoms with van der Waals surface area (Å²) in [6, 6.07) is 62.5. The molecule has 0 fully saturated rings. The fourth-order valence-electron chi connectivity index (χ4n) is 8.16. The van der Waals surface area contributed by atoms with Crippen molar-refractivity contribution in [3.63, 3.8) is 0 Å². The van der Waals surface area contributed by atoms with E-state index >= 15 is 0 Å². The zero-order valence-electron chi connectivity index (χ0n) is 26.5. The van der Waals surface area contributed by atoms with Crippen molar-refractivity contribution in [1.29, 1.82) is 0 Å². The molecule has 0 N–H and O–H groups in total. The Morgan fingerprint density at radius 2 is 1.06 bits per heavy atom. The second kappa shape index (κ2) is 10.2. The molecule has 0 bridgehead atoms. The van der Waals surface area contributed by atoms with Gasteiger partial charge in [-0.25, -0.2) is 0 Å². The van der Waals surface area contributed by atoms with E-state index in [1.807, 2.05) is 11.3 Å². The second-order valence-corrected chi connectivity index (χ2v) is 14.0. The monoisotopic (exact) mass is 640 g/mol. The number of rotatable bonds is 3. The van der Waals surface area contributed by atoms with E-state index in [-0.39, 0.29) is 0 Å². The smallest absolute Gasteiger partial charge is 0.0621 e. The van der Waals surface area contributed by atoms with Gasteiger partial charge in [0.1, 0.15) is 0 Å². The Morgan fingerprint density at radius 1 is 0.347 bits per heavy atom. The third-order valence-electron chi connectivity index (χ3n) is 10.3. The van der Waals surface area contributed by atoms with Gasteiger partial charge in [-0.3, -0.25) is 0 Å². The van der Waals surface area contributed by atoms with Gasteiger partial charge in [0.05, 0.1) is 22.1 Å². The van der Waals surface area contributed by atoms with Gasteiger partial charge in [0.2, 0.25) is 0 Å². The largest absolute Gasteiger partial charge is 0.309 e. The predicted octanol–water partition coefficient (Wildman–Crippen LogP) is 13.1. The number of benzene rings is 8. The lowest BCUT2D eigenvalue weighted by atomic mass is 10.00. The van der Waals surface area contributed by atoms with Crippen LogP contribution in [0.3, 0.4) is 0 Å². The fourth-order valence-corrected chi connectivity index (χ4v) is 9.28. The molecular formula is C46H28N2S. The molecule has 8 aromatic carbocycles. The standard InChI is InChI=1S/C46H28N2S/c1-3-13-29(14-4-1)37-25-32(26-40-36-24-23-30-15-7-8-18-33(30)45(36)48(46(37)40)31-16-5-2-6-17-31)47-41-21-11-9-19-34(41)38-27-39-35-20-10-12-22-43(35)49-44(39)28-42(38)47/h1-28H. The molecule has 0 radical (unpaired) electrons. The molecule has 0 atom stereocenters. The van der Waals surface area contributed by atoms with Gasteiger partial charge in [0.25, 0.3) is 0 Å². The molecule has 49 heavy (non-hydrogen) atoms. The zero-order valence-corrected chi connectivity index (χ0v) is 27.3. The van der Waals surface area contributed by atoms with Crippen molar-refractivity contribution in [2.24, 2.45) is 0 Å². The van der Waals surface area contributed by atoms with Gasteiger partial charge in [-0.15, -0.1) is 11.3 Å². The molecule has 0 aliphatic rings. The summed E-state index contributed by atoms with van der Waals surface area (Å²) in [6.07, 6.45) is 0. The zero-order chi connectivity index (χ0) is 32.1. The first-order chi connectivity index (χ1) is 24.3. The number of hydrogen-bond donors (Lipinski definition) is 0. The van der Waals surface area contributed by atoms with E-state index in [1.165, 1.54) is 91.4 Å². The number of para-hydroxylation sites is 2. The highest BCUT2D eigenvalue weighted by atomic mass is 32.1. The highest BCUT2D eigenvalue weighted by molar-refractivity contribution is 7.25. The third kappa shape index (κ3) is 3.82. The van der Waals surface area contributed by atoms with Crippen molar-refractivity contribution in [3.8, 4) is 22.5 Å². The molecule has 2 nitrogen and oxygen atoms in total.